The number of hydrogen-bond donors (Lipinski definition) is 1. The van der Waals surface area contributed by atoms with Crippen LogP contribution >= 0.6 is 0 Å². The molecular weight excluding hydrogens is 218 g/mol. The van der Waals surface area contributed by atoms with E-state index in [1.54, 1.807) is 11.1 Å². The number of benzene rings is 1. The molecule has 1 aliphatic rings. The molecule has 100 valence electrons. The lowest BCUT2D eigenvalue weighted by Crippen LogP contribution is -2.38. The van der Waals surface area contributed by atoms with Gasteiger partial charge in [0.15, 0.2) is 0 Å². The van der Waals surface area contributed by atoms with Crippen molar-refractivity contribution in [3.8, 4) is 0 Å². The van der Waals surface area contributed by atoms with Crippen LogP contribution in [0.4, 0.5) is 0 Å². The van der Waals surface area contributed by atoms with Gasteiger partial charge in [-0.2, -0.15) is 0 Å². The summed E-state index contributed by atoms with van der Waals surface area (Å²) in [5.74, 6) is 0. The van der Waals surface area contributed by atoms with Gasteiger partial charge < -0.3 is 5.32 Å². The Morgan fingerprint density at radius 1 is 1.06 bits per heavy atom. The lowest BCUT2D eigenvalue weighted by Gasteiger charge is -2.22. The van der Waals surface area contributed by atoms with E-state index in [1.807, 2.05) is 0 Å². The molecule has 0 bridgehead atoms. The smallest absolute Gasteiger partial charge is 0.0151 e. The van der Waals surface area contributed by atoms with Gasteiger partial charge in [-0.15, -0.1) is 0 Å². The highest BCUT2D eigenvalue weighted by Crippen LogP contribution is 2.22. The minimum Gasteiger partial charge on any atom is -0.311 e. The van der Waals surface area contributed by atoms with E-state index in [1.165, 1.54) is 44.9 Å². The molecule has 1 aromatic rings. The van der Waals surface area contributed by atoms with E-state index < -0.39 is 0 Å². The third kappa shape index (κ3) is 3.58. The van der Waals surface area contributed by atoms with Gasteiger partial charge in [0, 0.05) is 12.1 Å². The van der Waals surface area contributed by atoms with Crippen LogP contribution in [0.15, 0.2) is 24.3 Å². The van der Waals surface area contributed by atoms with E-state index in [0.29, 0.717) is 6.04 Å². The summed E-state index contributed by atoms with van der Waals surface area (Å²) < 4.78 is 0. The summed E-state index contributed by atoms with van der Waals surface area (Å²) >= 11 is 0. The molecule has 1 N–H and O–H groups in total. The third-order valence-electron chi connectivity index (χ3n) is 4.07. The van der Waals surface area contributed by atoms with E-state index in [9.17, 15) is 0 Å². The average Bonchev–Trinajstić information content (AvgIpc) is 2.78. The minimum absolute atomic E-state index is 0.677. The molecular formula is C17H27N. The molecule has 0 saturated heterocycles. The van der Waals surface area contributed by atoms with Crippen LogP contribution in [0.5, 0.6) is 0 Å². The summed E-state index contributed by atoms with van der Waals surface area (Å²) in [5.41, 5.74) is 3.11. The van der Waals surface area contributed by atoms with Gasteiger partial charge in [0.1, 0.15) is 0 Å². The Hall–Kier alpha value is -0.820. The summed E-state index contributed by atoms with van der Waals surface area (Å²) in [6.45, 7) is 4.58. The standard InChI is InChI=1S/C17H27N/c1-3-5-11-16(8-4-2)18-17-12-14-9-6-7-10-15(14)13-17/h6-7,9-10,16-18H,3-5,8,11-13H2,1-2H3. The van der Waals surface area contributed by atoms with Gasteiger partial charge >= 0.3 is 0 Å². The van der Waals surface area contributed by atoms with Crippen LogP contribution in [0.2, 0.25) is 0 Å². The van der Waals surface area contributed by atoms with Crippen molar-refractivity contribution in [3.05, 3.63) is 35.4 Å². The van der Waals surface area contributed by atoms with E-state index in [2.05, 4.69) is 43.4 Å². The monoisotopic (exact) mass is 245 g/mol. The van der Waals surface area contributed by atoms with Crippen molar-refractivity contribution in [3.63, 3.8) is 0 Å². The Kier molecular flexibility index (Phi) is 5.25. The molecule has 1 nitrogen and oxygen atoms in total. The highest BCUT2D eigenvalue weighted by molar-refractivity contribution is 5.33. The third-order valence-corrected chi connectivity index (χ3v) is 4.07. The first-order valence-electron chi connectivity index (χ1n) is 7.66. The van der Waals surface area contributed by atoms with Crippen molar-refractivity contribution in [1.82, 2.24) is 5.32 Å². The van der Waals surface area contributed by atoms with Crippen molar-refractivity contribution in [1.29, 1.82) is 0 Å². The van der Waals surface area contributed by atoms with Gasteiger partial charge in [-0.25, -0.2) is 0 Å². The van der Waals surface area contributed by atoms with E-state index in [0.717, 1.165) is 6.04 Å². The molecule has 2 rings (SSSR count). The molecule has 1 atom stereocenters. The van der Waals surface area contributed by atoms with Gasteiger partial charge in [-0.1, -0.05) is 57.4 Å². The fraction of sp³-hybridized carbons (Fsp3) is 0.647. The Bertz CT molecular complexity index is 333. The molecule has 1 unspecified atom stereocenters. The maximum Gasteiger partial charge on any atom is 0.0151 e. The average molecular weight is 245 g/mol. The van der Waals surface area contributed by atoms with Crippen LogP contribution in [0.3, 0.4) is 0 Å². The van der Waals surface area contributed by atoms with Crippen molar-refractivity contribution < 1.29 is 0 Å². The normalized spacial score (nSPS) is 16.8. The lowest BCUT2D eigenvalue weighted by molar-refractivity contribution is 0.384. The molecule has 0 amide bonds. The maximum atomic E-state index is 3.90. The van der Waals surface area contributed by atoms with Crippen molar-refractivity contribution in [2.75, 3.05) is 0 Å². The van der Waals surface area contributed by atoms with Crippen LogP contribution in [0.1, 0.15) is 57.1 Å². The number of rotatable bonds is 7. The number of nitrogens with one attached hydrogen (secondary N) is 1. The van der Waals surface area contributed by atoms with E-state index in [4.69, 9.17) is 0 Å². The molecule has 1 aliphatic carbocycles. The second kappa shape index (κ2) is 6.94. The molecule has 0 fully saturated rings. The topological polar surface area (TPSA) is 12.0 Å². The molecule has 18 heavy (non-hydrogen) atoms. The fourth-order valence-electron chi connectivity index (χ4n) is 3.12. The second-order valence-corrected chi connectivity index (χ2v) is 5.67. The van der Waals surface area contributed by atoms with Gasteiger partial charge in [0.25, 0.3) is 0 Å². The zero-order valence-electron chi connectivity index (χ0n) is 11.9. The van der Waals surface area contributed by atoms with Gasteiger partial charge in [0.05, 0.1) is 0 Å². The fourth-order valence-corrected chi connectivity index (χ4v) is 3.12. The molecule has 0 heterocycles. The largest absolute Gasteiger partial charge is 0.311 e. The van der Waals surface area contributed by atoms with Crippen LogP contribution in [0.25, 0.3) is 0 Å². The minimum atomic E-state index is 0.677. The molecule has 0 spiro atoms. The number of fused-ring (bicyclic) bond motifs is 1. The second-order valence-electron chi connectivity index (χ2n) is 5.67. The van der Waals surface area contributed by atoms with Crippen LogP contribution < -0.4 is 5.32 Å². The van der Waals surface area contributed by atoms with E-state index in [-0.39, 0.29) is 0 Å². The Morgan fingerprint density at radius 2 is 1.72 bits per heavy atom. The SMILES string of the molecule is CCCCC(CCC)NC1Cc2ccccc2C1. The summed E-state index contributed by atoms with van der Waals surface area (Å²) in [4.78, 5) is 0. The summed E-state index contributed by atoms with van der Waals surface area (Å²) in [6, 6.07) is 10.3. The van der Waals surface area contributed by atoms with Gasteiger partial charge in [0.2, 0.25) is 0 Å². The Morgan fingerprint density at radius 3 is 2.28 bits per heavy atom. The van der Waals surface area contributed by atoms with Crippen molar-refractivity contribution >= 4 is 0 Å². The zero-order valence-corrected chi connectivity index (χ0v) is 11.9. The summed E-state index contributed by atoms with van der Waals surface area (Å²) in [6.07, 6.45) is 9.08. The zero-order chi connectivity index (χ0) is 12.8. The van der Waals surface area contributed by atoms with E-state index >= 15 is 0 Å². The predicted molar refractivity (Wildman–Crippen MR) is 79.0 cm³/mol. The first-order chi connectivity index (χ1) is 8.83. The lowest BCUT2D eigenvalue weighted by atomic mass is 10.0. The van der Waals surface area contributed by atoms with Crippen molar-refractivity contribution in [2.45, 2.75) is 70.9 Å². The highest BCUT2D eigenvalue weighted by atomic mass is 15.0. The predicted octanol–water partition coefficient (Wildman–Crippen LogP) is 4.10. The van der Waals surface area contributed by atoms with Crippen LogP contribution in [-0.2, 0) is 12.8 Å². The summed E-state index contributed by atoms with van der Waals surface area (Å²) in [7, 11) is 0. The van der Waals surface area contributed by atoms with Gasteiger partial charge in [-0.05, 0) is 36.8 Å². The first-order valence-corrected chi connectivity index (χ1v) is 7.66. The molecule has 0 aromatic heterocycles. The molecule has 1 heteroatoms. The van der Waals surface area contributed by atoms with Gasteiger partial charge in [-0.3, -0.25) is 0 Å². The molecule has 0 saturated carbocycles. The number of unbranched alkanes of at least 4 members (excludes halogenated alkanes) is 1. The summed E-state index contributed by atoms with van der Waals surface area (Å²) in [5, 5.41) is 3.90. The Labute approximate surface area is 112 Å². The molecule has 1 aromatic carbocycles. The Balaban J connectivity index is 1.86. The molecule has 0 radical (unpaired) electrons. The highest BCUT2D eigenvalue weighted by Gasteiger charge is 2.22. The number of hydrogen-bond acceptors (Lipinski definition) is 1. The quantitative estimate of drug-likeness (QED) is 0.762. The first kappa shape index (κ1) is 13.6. The van der Waals surface area contributed by atoms with Crippen LogP contribution in [-0.4, -0.2) is 12.1 Å². The molecule has 0 aliphatic heterocycles. The van der Waals surface area contributed by atoms with Crippen molar-refractivity contribution in [2.24, 2.45) is 0 Å². The van der Waals surface area contributed by atoms with Crippen LogP contribution in [0, 0.1) is 0 Å². The maximum absolute atomic E-state index is 3.90.